The van der Waals surface area contributed by atoms with Gasteiger partial charge in [-0.25, -0.2) is 0 Å². The van der Waals surface area contributed by atoms with Gasteiger partial charge in [0.15, 0.2) is 0 Å². The van der Waals surface area contributed by atoms with E-state index in [0.717, 1.165) is 19.3 Å². The molecule has 0 N–H and O–H groups in total. The highest BCUT2D eigenvalue weighted by atomic mass is 16.5. The third kappa shape index (κ3) is 3.02. The average Bonchev–Trinajstić information content (AvgIpc) is 2.03. The zero-order valence-electron chi connectivity index (χ0n) is 8.88. The molecule has 0 bridgehead atoms. The number of hydrogen-bond donors (Lipinski definition) is 0. The van der Waals surface area contributed by atoms with E-state index in [9.17, 15) is 4.79 Å². The van der Waals surface area contributed by atoms with Crippen molar-refractivity contribution in [2.24, 2.45) is 17.8 Å². The number of rotatable bonds is 3. The molecular weight excluding hydrogens is 164 g/mol. The fourth-order valence-electron chi connectivity index (χ4n) is 1.80. The summed E-state index contributed by atoms with van der Waals surface area (Å²) in [5.74, 6) is 1.39. The highest BCUT2D eigenvalue weighted by Crippen LogP contribution is 2.27. The highest BCUT2D eigenvalue weighted by Gasteiger charge is 2.30. The third-order valence-electron chi connectivity index (χ3n) is 2.86. The molecule has 2 heteroatoms. The Morgan fingerprint density at radius 2 is 2.23 bits per heavy atom. The van der Waals surface area contributed by atoms with Gasteiger partial charge >= 0.3 is 5.97 Å². The third-order valence-corrected chi connectivity index (χ3v) is 2.86. The van der Waals surface area contributed by atoms with E-state index in [1.165, 1.54) is 0 Å². The normalized spacial score (nSPS) is 29.1. The lowest BCUT2D eigenvalue weighted by Gasteiger charge is -2.27. The Morgan fingerprint density at radius 3 is 2.77 bits per heavy atom. The first-order valence-electron chi connectivity index (χ1n) is 5.28. The Kier molecular flexibility index (Phi) is 3.76. The van der Waals surface area contributed by atoms with Crippen LogP contribution in [0, 0.1) is 17.8 Å². The van der Waals surface area contributed by atoms with Gasteiger partial charge in [-0.2, -0.15) is 0 Å². The molecule has 0 radical (unpaired) electrons. The molecule has 0 saturated carbocycles. The van der Waals surface area contributed by atoms with Crippen molar-refractivity contribution in [3.05, 3.63) is 0 Å². The molecule has 0 aliphatic carbocycles. The Labute approximate surface area is 80.7 Å². The second-order valence-corrected chi connectivity index (χ2v) is 4.51. The lowest BCUT2D eigenvalue weighted by Crippen LogP contribution is -2.31. The summed E-state index contributed by atoms with van der Waals surface area (Å²) < 4.78 is 5.05. The fraction of sp³-hybridized carbons (Fsp3) is 0.909. The Hall–Kier alpha value is -0.530. The predicted molar refractivity (Wildman–Crippen MR) is 52.3 cm³/mol. The van der Waals surface area contributed by atoms with Crippen molar-refractivity contribution in [1.29, 1.82) is 0 Å². The van der Waals surface area contributed by atoms with Gasteiger partial charge in [0.05, 0.1) is 12.5 Å². The van der Waals surface area contributed by atoms with Crippen LogP contribution in [0.4, 0.5) is 0 Å². The van der Waals surface area contributed by atoms with E-state index in [1.807, 2.05) is 0 Å². The minimum absolute atomic E-state index is 0.0272. The van der Waals surface area contributed by atoms with E-state index in [1.54, 1.807) is 0 Å². The van der Waals surface area contributed by atoms with Crippen LogP contribution in [0.5, 0.6) is 0 Å². The number of cyclic esters (lactones) is 1. The minimum Gasteiger partial charge on any atom is -0.465 e. The number of ether oxygens (including phenoxy) is 1. The SMILES string of the molecule is CC(C)CC[C@@H]1C(=O)OCC[C@@H]1C. The van der Waals surface area contributed by atoms with Crippen molar-refractivity contribution in [2.75, 3.05) is 6.61 Å². The molecule has 1 aliphatic heterocycles. The fourth-order valence-corrected chi connectivity index (χ4v) is 1.80. The molecule has 0 unspecified atom stereocenters. The number of hydrogen-bond acceptors (Lipinski definition) is 2. The summed E-state index contributed by atoms with van der Waals surface area (Å²) in [4.78, 5) is 11.4. The molecule has 13 heavy (non-hydrogen) atoms. The van der Waals surface area contributed by atoms with E-state index in [2.05, 4.69) is 20.8 Å². The number of esters is 1. The Morgan fingerprint density at radius 1 is 1.54 bits per heavy atom. The second-order valence-electron chi connectivity index (χ2n) is 4.51. The summed E-state index contributed by atoms with van der Waals surface area (Å²) in [6.07, 6.45) is 3.16. The van der Waals surface area contributed by atoms with E-state index < -0.39 is 0 Å². The molecule has 0 amide bonds. The van der Waals surface area contributed by atoms with Crippen LogP contribution < -0.4 is 0 Å². The van der Waals surface area contributed by atoms with E-state index in [4.69, 9.17) is 4.74 Å². The molecule has 2 atom stereocenters. The van der Waals surface area contributed by atoms with Crippen LogP contribution in [0.25, 0.3) is 0 Å². The zero-order valence-corrected chi connectivity index (χ0v) is 8.88. The topological polar surface area (TPSA) is 26.3 Å². The zero-order chi connectivity index (χ0) is 9.84. The molecule has 0 aromatic carbocycles. The Balaban J connectivity index is 2.40. The van der Waals surface area contributed by atoms with Gasteiger partial charge < -0.3 is 4.74 Å². The first-order chi connectivity index (χ1) is 6.11. The monoisotopic (exact) mass is 184 g/mol. The molecule has 0 aromatic rings. The van der Waals surface area contributed by atoms with Gasteiger partial charge in [0.25, 0.3) is 0 Å². The van der Waals surface area contributed by atoms with Crippen molar-refractivity contribution in [1.82, 2.24) is 0 Å². The second kappa shape index (κ2) is 4.64. The van der Waals surface area contributed by atoms with Crippen molar-refractivity contribution >= 4 is 5.97 Å². The maximum Gasteiger partial charge on any atom is 0.309 e. The lowest BCUT2D eigenvalue weighted by atomic mass is 9.84. The van der Waals surface area contributed by atoms with Gasteiger partial charge in [0.2, 0.25) is 0 Å². The average molecular weight is 184 g/mol. The molecule has 2 nitrogen and oxygen atoms in total. The van der Waals surface area contributed by atoms with Gasteiger partial charge in [-0.3, -0.25) is 4.79 Å². The summed E-state index contributed by atoms with van der Waals surface area (Å²) >= 11 is 0. The van der Waals surface area contributed by atoms with Crippen LogP contribution in [0.3, 0.4) is 0 Å². The molecule has 76 valence electrons. The van der Waals surface area contributed by atoms with Gasteiger partial charge in [-0.05, 0) is 24.7 Å². The largest absolute Gasteiger partial charge is 0.465 e. The maximum atomic E-state index is 11.4. The van der Waals surface area contributed by atoms with Gasteiger partial charge in [0, 0.05) is 0 Å². The molecule has 0 spiro atoms. The van der Waals surface area contributed by atoms with Gasteiger partial charge in [0.1, 0.15) is 0 Å². The van der Waals surface area contributed by atoms with Crippen LogP contribution in [-0.4, -0.2) is 12.6 Å². The van der Waals surface area contributed by atoms with Crippen molar-refractivity contribution in [3.63, 3.8) is 0 Å². The van der Waals surface area contributed by atoms with Crippen LogP contribution >= 0.6 is 0 Å². The quantitative estimate of drug-likeness (QED) is 0.630. The smallest absolute Gasteiger partial charge is 0.309 e. The lowest BCUT2D eigenvalue weighted by molar-refractivity contribution is -0.156. The summed E-state index contributed by atoms with van der Waals surface area (Å²) in [7, 11) is 0. The summed E-state index contributed by atoms with van der Waals surface area (Å²) in [6.45, 7) is 7.17. The van der Waals surface area contributed by atoms with Gasteiger partial charge in [-0.15, -0.1) is 0 Å². The molecule has 0 aromatic heterocycles. The van der Waals surface area contributed by atoms with E-state index in [-0.39, 0.29) is 11.9 Å². The summed E-state index contributed by atoms with van der Waals surface area (Å²) in [6, 6.07) is 0. The number of carbonyl (C=O) groups excluding carboxylic acids is 1. The van der Waals surface area contributed by atoms with Crippen LogP contribution in [0.2, 0.25) is 0 Å². The molecular formula is C11H20O2. The summed E-state index contributed by atoms with van der Waals surface area (Å²) in [5, 5.41) is 0. The summed E-state index contributed by atoms with van der Waals surface area (Å²) in [5.41, 5.74) is 0. The van der Waals surface area contributed by atoms with E-state index >= 15 is 0 Å². The molecule has 1 fully saturated rings. The van der Waals surface area contributed by atoms with Crippen molar-refractivity contribution in [3.8, 4) is 0 Å². The minimum atomic E-state index is 0.0272. The standard InChI is InChI=1S/C11H20O2/c1-8(2)4-5-10-9(3)6-7-13-11(10)12/h8-10H,4-7H2,1-3H3/t9-,10-/m0/s1. The highest BCUT2D eigenvalue weighted by molar-refractivity contribution is 5.73. The van der Waals surface area contributed by atoms with Crippen LogP contribution in [0.1, 0.15) is 40.0 Å². The Bertz CT molecular complexity index is 175. The van der Waals surface area contributed by atoms with Crippen LogP contribution in [-0.2, 0) is 9.53 Å². The molecule has 1 rings (SSSR count). The van der Waals surface area contributed by atoms with Crippen molar-refractivity contribution < 1.29 is 9.53 Å². The molecule has 1 heterocycles. The first-order valence-corrected chi connectivity index (χ1v) is 5.28. The molecule has 1 aliphatic rings. The predicted octanol–water partition coefficient (Wildman–Crippen LogP) is 2.62. The van der Waals surface area contributed by atoms with Gasteiger partial charge in [-0.1, -0.05) is 27.2 Å². The number of carbonyl (C=O) groups is 1. The maximum absolute atomic E-state index is 11.4. The molecule has 1 saturated heterocycles. The van der Waals surface area contributed by atoms with Crippen molar-refractivity contribution in [2.45, 2.75) is 40.0 Å². The van der Waals surface area contributed by atoms with Crippen LogP contribution in [0.15, 0.2) is 0 Å². The first kappa shape index (κ1) is 10.6. The van der Waals surface area contributed by atoms with E-state index in [0.29, 0.717) is 18.4 Å².